The summed E-state index contributed by atoms with van der Waals surface area (Å²) < 4.78 is 58.8. The molecule has 7 fully saturated rings. The summed E-state index contributed by atoms with van der Waals surface area (Å²) >= 11 is 6.50. The molecule has 6 heterocycles. The summed E-state index contributed by atoms with van der Waals surface area (Å²) in [4.78, 5) is 79.5. The molecule has 1 unspecified atom stereocenters. The first-order chi connectivity index (χ1) is 34.5. The predicted molar refractivity (Wildman–Crippen MR) is 264 cm³/mol. The molecule has 73 heavy (non-hydrogen) atoms. The largest absolute Gasteiger partial charge is 0.433 e. The number of hydrogen-bond acceptors (Lipinski definition) is 8. The van der Waals surface area contributed by atoms with Crippen molar-refractivity contribution in [3.05, 3.63) is 93.0 Å². The second kappa shape index (κ2) is 17.3. The Morgan fingerprint density at radius 2 is 1.67 bits per heavy atom. The zero-order chi connectivity index (χ0) is 51.8. The van der Waals surface area contributed by atoms with Crippen LogP contribution in [-0.4, -0.2) is 112 Å². The number of anilines is 1. The number of imide groups is 1. The predicted octanol–water partition coefficient (Wildman–Crippen LogP) is 8.45. The van der Waals surface area contributed by atoms with Crippen molar-refractivity contribution < 1.29 is 41.5 Å². The van der Waals surface area contributed by atoms with Gasteiger partial charge in [0.2, 0.25) is 23.6 Å². The lowest BCUT2D eigenvalue weighted by Crippen LogP contribution is -2.63. The van der Waals surface area contributed by atoms with Gasteiger partial charge in [0.1, 0.15) is 17.6 Å². The second-order valence-electron chi connectivity index (χ2n) is 23.8. The number of likely N-dealkylation sites (N-methyl/N-ethyl adjacent to an activating group) is 2. The van der Waals surface area contributed by atoms with Gasteiger partial charge in [0.25, 0.3) is 5.91 Å². The molecule has 9 aliphatic rings. The Labute approximate surface area is 428 Å². The van der Waals surface area contributed by atoms with Gasteiger partial charge in [0, 0.05) is 102 Å². The van der Waals surface area contributed by atoms with Gasteiger partial charge >= 0.3 is 6.18 Å². The molecule has 2 bridgehead atoms. The van der Waals surface area contributed by atoms with E-state index in [1.807, 2.05) is 40.9 Å². The van der Waals surface area contributed by atoms with Gasteiger partial charge in [-0.05, 0) is 124 Å². The van der Waals surface area contributed by atoms with Crippen LogP contribution in [0.3, 0.4) is 0 Å². The van der Waals surface area contributed by atoms with Gasteiger partial charge < -0.3 is 20.0 Å². The molecule has 0 radical (unpaired) electrons. The summed E-state index contributed by atoms with van der Waals surface area (Å²) in [6.45, 7) is 7.98. The molecular weight excluding hydrogens is 962 g/mol. The highest BCUT2D eigenvalue weighted by Crippen LogP contribution is 2.63. The summed E-state index contributed by atoms with van der Waals surface area (Å²) in [7, 11) is 3.72. The molecule has 4 saturated carbocycles. The summed E-state index contributed by atoms with van der Waals surface area (Å²) in [5.74, 6) is 4.55. The number of alkyl halides is 3. The second-order valence-corrected chi connectivity index (χ2v) is 24.2. The SMILES string of the molecule is CN1[C@@H](CC(C)(C)C)[C@@]2(CNc3cc(C(F)(F)F)ncc32)[C@@H](c2cccc(Cl)c2F)[C@@H]1C(=O)N(C)C12CCC(C(=O)N3CCC4(CC3)C[C@@H]4C#Cc3cccc4c3CN(C3CCC(=O)NC3=O)C4=O)(CC1)CC2. The number of amides is 5. The molecule has 6 atom stereocenters. The van der Waals surface area contributed by atoms with Gasteiger partial charge in [0.05, 0.1) is 11.1 Å². The van der Waals surface area contributed by atoms with Gasteiger partial charge in [-0.3, -0.25) is 39.2 Å². The quantitative estimate of drug-likeness (QED) is 0.143. The van der Waals surface area contributed by atoms with E-state index in [0.717, 1.165) is 36.5 Å². The number of piperidine rings is 2. The number of benzene rings is 2. The van der Waals surface area contributed by atoms with Gasteiger partial charge in [-0.1, -0.05) is 62.4 Å². The molecule has 12 rings (SSSR count). The normalized spacial score (nSPS) is 31.3. The fourth-order valence-electron chi connectivity index (χ4n) is 14.6. The molecule has 2 spiro atoms. The van der Waals surface area contributed by atoms with Gasteiger partial charge in [-0.2, -0.15) is 13.2 Å². The van der Waals surface area contributed by atoms with Gasteiger partial charge in [-0.15, -0.1) is 0 Å². The van der Waals surface area contributed by atoms with E-state index in [2.05, 4.69) is 48.2 Å². The third-order valence-corrected chi connectivity index (χ3v) is 19.2. The van der Waals surface area contributed by atoms with Crippen LogP contribution in [0.1, 0.15) is 142 Å². The molecule has 4 aliphatic carbocycles. The van der Waals surface area contributed by atoms with E-state index >= 15 is 9.18 Å². The van der Waals surface area contributed by atoms with Gasteiger partial charge in [-0.25, -0.2) is 4.39 Å². The maximum Gasteiger partial charge on any atom is 0.433 e. The molecular formula is C56H62ClF4N7O5. The Morgan fingerprint density at radius 3 is 2.34 bits per heavy atom. The van der Waals surface area contributed by atoms with Crippen molar-refractivity contribution in [3.8, 4) is 11.8 Å². The number of pyridine rings is 1. The molecule has 12 nitrogen and oxygen atoms in total. The van der Waals surface area contributed by atoms with Crippen LogP contribution in [0.5, 0.6) is 0 Å². The molecule has 5 aliphatic heterocycles. The van der Waals surface area contributed by atoms with E-state index in [1.54, 1.807) is 23.1 Å². The minimum atomic E-state index is -4.68. The Kier molecular flexibility index (Phi) is 11.7. The molecule has 2 aromatic carbocycles. The zero-order valence-electron chi connectivity index (χ0n) is 42.0. The first-order valence-electron chi connectivity index (χ1n) is 25.8. The van der Waals surface area contributed by atoms with Crippen LogP contribution in [0, 0.1) is 39.8 Å². The average Bonchev–Trinajstić information content (AvgIpc) is 3.57. The maximum absolute atomic E-state index is 16.7. The molecule has 3 aromatic rings. The summed E-state index contributed by atoms with van der Waals surface area (Å²) in [5, 5.41) is 5.51. The average molecular weight is 1020 g/mol. The van der Waals surface area contributed by atoms with Crippen LogP contribution in [0.4, 0.5) is 23.2 Å². The number of carbonyl (C=O) groups is 5. The van der Waals surface area contributed by atoms with Crippen LogP contribution < -0.4 is 10.6 Å². The van der Waals surface area contributed by atoms with Crippen molar-refractivity contribution >= 4 is 46.8 Å². The number of halogens is 5. The maximum atomic E-state index is 16.7. The van der Waals surface area contributed by atoms with Crippen LogP contribution in [0.2, 0.25) is 5.02 Å². The van der Waals surface area contributed by atoms with Crippen molar-refractivity contribution in [1.82, 2.24) is 29.9 Å². The Bertz CT molecular complexity index is 2900. The molecule has 386 valence electrons. The van der Waals surface area contributed by atoms with E-state index < -0.39 is 64.0 Å². The third kappa shape index (κ3) is 7.95. The number of carbonyl (C=O) groups excluding carboxylic acids is 5. The number of hydrogen-bond donors (Lipinski definition) is 2. The highest BCUT2D eigenvalue weighted by atomic mass is 35.5. The fraction of sp³-hybridized carbons (Fsp3) is 0.571. The third-order valence-electron chi connectivity index (χ3n) is 18.9. The molecule has 2 N–H and O–H groups in total. The number of likely N-dealkylation sites (tertiary alicyclic amines) is 2. The van der Waals surface area contributed by atoms with Gasteiger partial charge in [0.15, 0.2) is 0 Å². The van der Waals surface area contributed by atoms with Crippen molar-refractivity contribution in [3.63, 3.8) is 0 Å². The standard InChI is InChI=1S/C56H62ClF4N7O5/c1-51(2,3)28-42-55(31-63-39-26-41(56(59,60)61)62-29-37(39)55)44(35-10-7-11-38(57)45(35)58)46(65(42)4)49(72)66(5)54-19-16-52(17-20-54,18-21-54)50(73)67-24-22-53(23-25-67)27-33(53)13-12-32-8-6-9-34-36(32)30-68(48(34)71)40-14-15-43(69)64-47(40)70/h6-11,26,29,33,40,42,44,46,63H,14-25,27-28,30-31H2,1-5H3,(H,64,69,70)/t33-,40?,42-,44-,46+,52?,54?,55-/m0/s1. The van der Waals surface area contributed by atoms with Crippen LogP contribution >= 0.6 is 11.6 Å². The van der Waals surface area contributed by atoms with Crippen molar-refractivity contribution in [2.75, 3.05) is 39.0 Å². The van der Waals surface area contributed by atoms with Crippen LogP contribution in [-0.2, 0) is 37.3 Å². The Hall–Kier alpha value is -5.53. The topological polar surface area (TPSA) is 135 Å². The lowest BCUT2D eigenvalue weighted by Gasteiger charge is -2.57. The van der Waals surface area contributed by atoms with Crippen LogP contribution in [0.25, 0.3) is 0 Å². The smallest absolute Gasteiger partial charge is 0.384 e. The fourth-order valence-corrected chi connectivity index (χ4v) is 14.8. The first kappa shape index (κ1) is 49.7. The number of aromatic nitrogens is 1. The monoisotopic (exact) mass is 1020 g/mol. The van der Waals surface area contributed by atoms with E-state index in [9.17, 15) is 32.3 Å². The first-order valence-corrected chi connectivity index (χ1v) is 26.2. The summed E-state index contributed by atoms with van der Waals surface area (Å²) in [5.41, 5.74) is -0.282. The van der Waals surface area contributed by atoms with E-state index in [1.165, 1.54) is 12.3 Å². The molecule has 1 aromatic heterocycles. The van der Waals surface area contributed by atoms with E-state index in [4.69, 9.17) is 11.6 Å². The van der Waals surface area contributed by atoms with Crippen LogP contribution in [0.15, 0.2) is 48.7 Å². The minimum absolute atomic E-state index is 0.0359. The van der Waals surface area contributed by atoms with Crippen molar-refractivity contribution in [1.29, 1.82) is 0 Å². The Morgan fingerprint density at radius 1 is 0.973 bits per heavy atom. The number of rotatable bonds is 6. The lowest BCUT2D eigenvalue weighted by molar-refractivity contribution is -0.160. The van der Waals surface area contributed by atoms with E-state index in [-0.39, 0.29) is 76.2 Å². The van der Waals surface area contributed by atoms with E-state index in [0.29, 0.717) is 75.6 Å². The molecule has 5 amide bonds. The number of nitrogens with one attached hydrogen (secondary N) is 2. The van der Waals surface area contributed by atoms with Crippen molar-refractivity contribution in [2.45, 2.75) is 146 Å². The molecule has 17 heteroatoms. The highest BCUT2D eigenvalue weighted by molar-refractivity contribution is 6.30. The molecule has 3 saturated heterocycles. The highest BCUT2D eigenvalue weighted by Gasteiger charge is 2.66. The lowest BCUT2D eigenvalue weighted by atomic mass is 9.56. The zero-order valence-corrected chi connectivity index (χ0v) is 42.7. The Balaban J connectivity index is 0.781. The minimum Gasteiger partial charge on any atom is -0.384 e. The summed E-state index contributed by atoms with van der Waals surface area (Å²) in [6, 6.07) is 9.27. The number of nitrogens with zero attached hydrogens (tertiary/aromatic N) is 5. The number of fused-ring (bicyclic) bond motifs is 6. The van der Waals surface area contributed by atoms with Crippen molar-refractivity contribution in [2.24, 2.45) is 22.2 Å². The summed E-state index contributed by atoms with van der Waals surface area (Å²) in [6.07, 6.45) is 4.09.